The Morgan fingerprint density at radius 1 is 1.37 bits per heavy atom. The Morgan fingerprint density at radius 2 is 2.16 bits per heavy atom. The molecule has 1 aliphatic carbocycles. The molecule has 4 heteroatoms. The molecule has 1 aromatic carbocycles. The Labute approximate surface area is 116 Å². The summed E-state index contributed by atoms with van der Waals surface area (Å²) in [5, 5.41) is 4.51. The highest BCUT2D eigenvalue weighted by Gasteiger charge is 2.41. The van der Waals surface area contributed by atoms with Gasteiger partial charge in [0.15, 0.2) is 0 Å². The molecule has 1 fully saturated rings. The molecule has 3 rings (SSSR count). The minimum absolute atomic E-state index is 0.0141. The molecular formula is C15H18N2OS. The summed E-state index contributed by atoms with van der Waals surface area (Å²) in [7, 11) is 0. The van der Waals surface area contributed by atoms with E-state index in [0.29, 0.717) is 11.3 Å². The number of aromatic amines is 1. The number of aromatic nitrogens is 1. The van der Waals surface area contributed by atoms with Gasteiger partial charge in [-0.3, -0.25) is 4.79 Å². The molecule has 1 aromatic heterocycles. The van der Waals surface area contributed by atoms with Gasteiger partial charge in [0.05, 0.1) is 0 Å². The highest BCUT2D eigenvalue weighted by Crippen LogP contribution is 2.46. The van der Waals surface area contributed by atoms with Crippen LogP contribution in [0.2, 0.25) is 0 Å². The lowest BCUT2D eigenvalue weighted by molar-refractivity contribution is 0.659. The van der Waals surface area contributed by atoms with E-state index in [2.05, 4.69) is 16.6 Å². The summed E-state index contributed by atoms with van der Waals surface area (Å²) in [6, 6.07) is 9.87. The minimum atomic E-state index is 0.0141. The first-order chi connectivity index (χ1) is 9.22. The predicted molar refractivity (Wildman–Crippen MR) is 81.8 cm³/mol. The minimum Gasteiger partial charge on any atom is -0.322 e. The summed E-state index contributed by atoms with van der Waals surface area (Å²) in [6.07, 6.45) is 4.74. The van der Waals surface area contributed by atoms with Gasteiger partial charge in [-0.1, -0.05) is 18.2 Å². The van der Waals surface area contributed by atoms with E-state index in [1.807, 2.05) is 42.1 Å². The maximum absolute atomic E-state index is 12.0. The maximum atomic E-state index is 12.0. The zero-order valence-corrected chi connectivity index (χ0v) is 11.8. The third-order valence-electron chi connectivity index (χ3n) is 3.83. The highest BCUT2D eigenvalue weighted by atomic mass is 32.2. The van der Waals surface area contributed by atoms with E-state index in [4.69, 9.17) is 0 Å². The molecule has 2 N–H and O–H groups in total. The number of rotatable bonds is 5. The molecule has 0 atom stereocenters. The number of thioether (sulfide) groups is 1. The summed E-state index contributed by atoms with van der Waals surface area (Å²) in [4.78, 5) is 14.9. The van der Waals surface area contributed by atoms with Crippen molar-refractivity contribution in [1.82, 2.24) is 10.3 Å². The molecular weight excluding hydrogens is 256 g/mol. The standard InChI is InChI=1S/C15H18N2OS/c1-19-15(6-7-15)10-16-9-12-8-11-4-2-3-5-13(11)17-14(12)18/h2-5,8,16H,6-7,9-10H2,1H3,(H,17,18). The van der Waals surface area contributed by atoms with Crippen LogP contribution in [0.3, 0.4) is 0 Å². The van der Waals surface area contributed by atoms with Gasteiger partial charge in [-0.15, -0.1) is 0 Å². The van der Waals surface area contributed by atoms with Crippen LogP contribution in [0.5, 0.6) is 0 Å². The van der Waals surface area contributed by atoms with Crippen molar-refractivity contribution in [3.05, 3.63) is 46.2 Å². The average Bonchev–Trinajstić information content (AvgIpc) is 3.20. The molecule has 2 aromatic rings. The molecule has 3 nitrogen and oxygen atoms in total. The smallest absolute Gasteiger partial charge is 0.252 e. The van der Waals surface area contributed by atoms with E-state index >= 15 is 0 Å². The molecule has 0 bridgehead atoms. The van der Waals surface area contributed by atoms with Crippen LogP contribution >= 0.6 is 11.8 Å². The lowest BCUT2D eigenvalue weighted by atomic mass is 10.1. The summed E-state index contributed by atoms with van der Waals surface area (Å²) in [5.74, 6) is 0. The molecule has 1 aliphatic rings. The number of hydrogen-bond acceptors (Lipinski definition) is 3. The number of H-pyrrole nitrogens is 1. The van der Waals surface area contributed by atoms with E-state index in [9.17, 15) is 4.79 Å². The first-order valence-corrected chi connectivity index (χ1v) is 7.82. The zero-order chi connectivity index (χ0) is 13.3. The van der Waals surface area contributed by atoms with Gasteiger partial charge in [0, 0.05) is 28.9 Å². The fraction of sp³-hybridized carbons (Fsp3) is 0.400. The normalized spacial score (nSPS) is 16.7. The number of hydrogen-bond donors (Lipinski definition) is 2. The maximum Gasteiger partial charge on any atom is 0.252 e. The van der Waals surface area contributed by atoms with Crippen molar-refractivity contribution >= 4 is 22.7 Å². The van der Waals surface area contributed by atoms with Gasteiger partial charge in [-0.05, 0) is 36.6 Å². The lowest BCUT2D eigenvalue weighted by Crippen LogP contribution is -2.28. The molecule has 0 radical (unpaired) electrons. The number of para-hydroxylation sites is 1. The Hall–Kier alpha value is -1.26. The van der Waals surface area contributed by atoms with Crippen molar-refractivity contribution in [3.63, 3.8) is 0 Å². The largest absolute Gasteiger partial charge is 0.322 e. The summed E-state index contributed by atoms with van der Waals surface area (Å²) >= 11 is 1.93. The highest BCUT2D eigenvalue weighted by molar-refractivity contribution is 8.00. The van der Waals surface area contributed by atoms with Gasteiger partial charge >= 0.3 is 0 Å². The average molecular weight is 274 g/mol. The van der Waals surface area contributed by atoms with Crippen molar-refractivity contribution in [3.8, 4) is 0 Å². The Balaban J connectivity index is 1.73. The summed E-state index contributed by atoms with van der Waals surface area (Å²) in [6.45, 7) is 1.63. The number of nitrogens with one attached hydrogen (secondary N) is 2. The molecule has 100 valence electrons. The summed E-state index contributed by atoms with van der Waals surface area (Å²) < 4.78 is 0.434. The van der Waals surface area contributed by atoms with Crippen LogP contribution < -0.4 is 10.9 Å². The van der Waals surface area contributed by atoms with Crippen molar-refractivity contribution in [2.45, 2.75) is 24.1 Å². The third-order valence-corrected chi connectivity index (χ3v) is 5.25. The molecule has 1 saturated carbocycles. The second-order valence-corrected chi connectivity index (χ2v) is 6.48. The van der Waals surface area contributed by atoms with Gasteiger partial charge in [0.25, 0.3) is 5.56 Å². The SMILES string of the molecule is CSC1(CNCc2cc3ccccc3[nH]c2=O)CC1. The lowest BCUT2D eigenvalue weighted by Gasteiger charge is -2.12. The Morgan fingerprint density at radius 3 is 2.89 bits per heavy atom. The number of pyridine rings is 1. The topological polar surface area (TPSA) is 44.9 Å². The van der Waals surface area contributed by atoms with Gasteiger partial charge in [0.2, 0.25) is 0 Å². The van der Waals surface area contributed by atoms with Gasteiger partial charge in [0.1, 0.15) is 0 Å². The van der Waals surface area contributed by atoms with Crippen LogP contribution in [0.25, 0.3) is 10.9 Å². The first kappa shape index (κ1) is 12.8. The fourth-order valence-corrected chi connectivity index (χ4v) is 3.10. The molecule has 0 amide bonds. The van der Waals surface area contributed by atoms with Crippen molar-refractivity contribution in [1.29, 1.82) is 0 Å². The van der Waals surface area contributed by atoms with E-state index < -0.39 is 0 Å². The molecule has 0 aliphatic heterocycles. The number of benzene rings is 1. The Bertz CT molecular complexity index is 646. The van der Waals surface area contributed by atoms with Gasteiger partial charge < -0.3 is 10.3 Å². The summed E-state index contributed by atoms with van der Waals surface area (Å²) in [5.41, 5.74) is 1.73. The van der Waals surface area contributed by atoms with Crippen LogP contribution in [0.4, 0.5) is 0 Å². The first-order valence-electron chi connectivity index (χ1n) is 6.59. The number of fused-ring (bicyclic) bond motifs is 1. The van der Waals surface area contributed by atoms with Crippen LogP contribution in [0, 0.1) is 0 Å². The van der Waals surface area contributed by atoms with Crippen LogP contribution in [-0.4, -0.2) is 22.5 Å². The third kappa shape index (κ3) is 2.69. The van der Waals surface area contributed by atoms with E-state index in [0.717, 1.165) is 23.0 Å². The van der Waals surface area contributed by atoms with Crippen LogP contribution in [0.1, 0.15) is 18.4 Å². The molecule has 0 saturated heterocycles. The van der Waals surface area contributed by atoms with Crippen LogP contribution in [0.15, 0.2) is 35.1 Å². The fourth-order valence-electron chi connectivity index (χ4n) is 2.34. The van der Waals surface area contributed by atoms with Gasteiger partial charge in [-0.2, -0.15) is 11.8 Å². The van der Waals surface area contributed by atoms with Gasteiger partial charge in [-0.25, -0.2) is 0 Å². The predicted octanol–water partition coefficient (Wildman–Crippen LogP) is 2.51. The molecule has 0 spiro atoms. The Kier molecular flexibility index (Phi) is 3.37. The van der Waals surface area contributed by atoms with Crippen molar-refractivity contribution < 1.29 is 0 Å². The van der Waals surface area contributed by atoms with Crippen molar-refractivity contribution in [2.75, 3.05) is 12.8 Å². The van der Waals surface area contributed by atoms with Crippen molar-refractivity contribution in [2.24, 2.45) is 0 Å². The van der Waals surface area contributed by atoms with E-state index in [1.54, 1.807) is 0 Å². The molecule has 0 unspecified atom stereocenters. The second-order valence-electron chi connectivity index (χ2n) is 5.20. The quantitative estimate of drug-likeness (QED) is 0.880. The monoisotopic (exact) mass is 274 g/mol. The van der Waals surface area contributed by atoms with E-state index in [-0.39, 0.29) is 5.56 Å². The molecule has 1 heterocycles. The van der Waals surface area contributed by atoms with Crippen LogP contribution in [-0.2, 0) is 6.54 Å². The second kappa shape index (κ2) is 5.02. The molecule has 19 heavy (non-hydrogen) atoms. The van der Waals surface area contributed by atoms with E-state index in [1.165, 1.54) is 12.8 Å². The zero-order valence-electron chi connectivity index (χ0n) is 11.0.